The highest BCUT2D eigenvalue weighted by Gasteiger charge is 2.06. The molecule has 0 aliphatic carbocycles. The van der Waals surface area contributed by atoms with E-state index in [9.17, 15) is 4.39 Å². The van der Waals surface area contributed by atoms with Crippen LogP contribution in [0.3, 0.4) is 0 Å². The fourth-order valence-corrected chi connectivity index (χ4v) is 1.54. The van der Waals surface area contributed by atoms with Gasteiger partial charge in [-0.25, -0.2) is 4.39 Å². The Morgan fingerprint density at radius 1 is 1.33 bits per heavy atom. The molecule has 0 amide bonds. The third-order valence-electron chi connectivity index (χ3n) is 1.78. The molecule has 0 saturated heterocycles. The van der Waals surface area contributed by atoms with Crippen LogP contribution in [0.2, 0.25) is 10.0 Å². The molecule has 80 valence electrons. The van der Waals surface area contributed by atoms with Crippen LogP contribution < -0.4 is 5.32 Å². The number of hydrogen-bond donors (Lipinski definition) is 1. The molecule has 0 saturated carbocycles. The highest BCUT2D eigenvalue weighted by Crippen LogP contribution is 2.27. The van der Waals surface area contributed by atoms with Crippen LogP contribution in [-0.4, -0.2) is 6.54 Å². The second-order valence-corrected chi connectivity index (χ2v) is 3.76. The first kappa shape index (κ1) is 12.1. The summed E-state index contributed by atoms with van der Waals surface area (Å²) in [6.45, 7) is 0.631. The second-order valence-electron chi connectivity index (χ2n) is 2.94. The summed E-state index contributed by atoms with van der Waals surface area (Å²) >= 11 is 11.2. The van der Waals surface area contributed by atoms with Gasteiger partial charge in [0.2, 0.25) is 0 Å². The Morgan fingerprint density at radius 3 is 2.47 bits per heavy atom. The number of anilines is 1. The van der Waals surface area contributed by atoms with E-state index in [1.165, 1.54) is 12.1 Å². The quantitative estimate of drug-likeness (QED) is 0.647. The monoisotopic (exact) mass is 246 g/mol. The van der Waals surface area contributed by atoms with Crippen LogP contribution in [0, 0.1) is 17.1 Å². The average Bonchev–Trinajstić information content (AvgIpc) is 2.21. The van der Waals surface area contributed by atoms with Gasteiger partial charge >= 0.3 is 0 Å². The third-order valence-corrected chi connectivity index (χ3v) is 2.33. The van der Waals surface area contributed by atoms with Crippen molar-refractivity contribution in [2.24, 2.45) is 0 Å². The lowest BCUT2D eigenvalue weighted by Gasteiger charge is -2.06. The van der Waals surface area contributed by atoms with E-state index in [-0.39, 0.29) is 10.0 Å². The molecule has 0 fully saturated rings. The molecule has 0 aliphatic rings. The van der Waals surface area contributed by atoms with Crippen molar-refractivity contribution in [3.05, 3.63) is 28.0 Å². The van der Waals surface area contributed by atoms with Gasteiger partial charge in [0.1, 0.15) is 0 Å². The van der Waals surface area contributed by atoms with E-state index in [4.69, 9.17) is 28.5 Å². The SMILES string of the molecule is N#CCCCNc1cc(Cl)c(F)c(Cl)c1. The molecule has 1 aromatic rings. The van der Waals surface area contributed by atoms with Crippen LogP contribution in [-0.2, 0) is 0 Å². The topological polar surface area (TPSA) is 35.8 Å². The van der Waals surface area contributed by atoms with E-state index in [0.29, 0.717) is 18.7 Å². The van der Waals surface area contributed by atoms with Crippen molar-refractivity contribution in [1.29, 1.82) is 5.26 Å². The van der Waals surface area contributed by atoms with Gasteiger partial charge in [-0.05, 0) is 18.6 Å². The lowest BCUT2D eigenvalue weighted by atomic mass is 10.3. The van der Waals surface area contributed by atoms with Crippen LogP contribution in [0.5, 0.6) is 0 Å². The molecule has 0 heterocycles. The van der Waals surface area contributed by atoms with Crippen molar-refractivity contribution in [2.75, 3.05) is 11.9 Å². The van der Waals surface area contributed by atoms with Gasteiger partial charge in [0.25, 0.3) is 0 Å². The predicted molar refractivity (Wildman–Crippen MR) is 59.8 cm³/mol. The number of benzene rings is 1. The Balaban J connectivity index is 2.59. The summed E-state index contributed by atoms with van der Waals surface area (Å²) in [7, 11) is 0. The van der Waals surface area contributed by atoms with Crippen molar-refractivity contribution in [2.45, 2.75) is 12.8 Å². The summed E-state index contributed by atoms with van der Waals surface area (Å²) in [5.74, 6) is -0.610. The number of hydrogen-bond acceptors (Lipinski definition) is 2. The molecule has 0 radical (unpaired) electrons. The first-order valence-electron chi connectivity index (χ1n) is 4.40. The summed E-state index contributed by atoms with van der Waals surface area (Å²) < 4.78 is 13.0. The molecule has 5 heteroatoms. The van der Waals surface area contributed by atoms with E-state index in [1.54, 1.807) is 0 Å². The summed E-state index contributed by atoms with van der Waals surface area (Å²) in [5, 5.41) is 11.3. The molecular formula is C10H9Cl2FN2. The molecule has 0 bridgehead atoms. The van der Waals surface area contributed by atoms with Crippen molar-refractivity contribution in [1.82, 2.24) is 0 Å². The largest absolute Gasteiger partial charge is 0.385 e. The van der Waals surface area contributed by atoms with E-state index in [2.05, 4.69) is 5.32 Å². The third kappa shape index (κ3) is 3.58. The van der Waals surface area contributed by atoms with E-state index in [1.807, 2.05) is 6.07 Å². The lowest BCUT2D eigenvalue weighted by molar-refractivity contribution is 0.629. The molecule has 15 heavy (non-hydrogen) atoms. The summed E-state index contributed by atoms with van der Waals surface area (Å²) in [6.07, 6.45) is 1.21. The maximum absolute atomic E-state index is 13.0. The maximum atomic E-state index is 13.0. The molecule has 0 spiro atoms. The van der Waals surface area contributed by atoms with Gasteiger partial charge in [-0.1, -0.05) is 23.2 Å². The second kappa shape index (κ2) is 5.79. The van der Waals surface area contributed by atoms with E-state index in [0.717, 1.165) is 6.42 Å². The number of unbranched alkanes of at least 4 members (excludes halogenated alkanes) is 1. The average molecular weight is 247 g/mol. The maximum Gasteiger partial charge on any atom is 0.160 e. The molecule has 1 N–H and O–H groups in total. The van der Waals surface area contributed by atoms with Gasteiger partial charge in [0.15, 0.2) is 5.82 Å². The predicted octanol–water partition coefficient (Wildman–Crippen LogP) is 3.85. The van der Waals surface area contributed by atoms with Crippen molar-refractivity contribution in [3.8, 4) is 6.07 Å². The minimum Gasteiger partial charge on any atom is -0.385 e. The minimum absolute atomic E-state index is 0.00900. The zero-order valence-corrected chi connectivity index (χ0v) is 9.37. The number of halogens is 3. The molecule has 0 aliphatic heterocycles. The Hall–Kier alpha value is -0.980. The fraction of sp³-hybridized carbons (Fsp3) is 0.300. The summed E-state index contributed by atoms with van der Waals surface area (Å²) in [6, 6.07) is 4.97. The lowest BCUT2D eigenvalue weighted by Crippen LogP contribution is -2.01. The van der Waals surface area contributed by atoms with Crippen LogP contribution in [0.15, 0.2) is 12.1 Å². The summed E-state index contributed by atoms with van der Waals surface area (Å²) in [5.41, 5.74) is 0.657. The molecular weight excluding hydrogens is 238 g/mol. The minimum atomic E-state index is -0.610. The summed E-state index contributed by atoms with van der Waals surface area (Å²) in [4.78, 5) is 0. The van der Waals surface area contributed by atoms with Crippen molar-refractivity contribution >= 4 is 28.9 Å². The first-order valence-corrected chi connectivity index (χ1v) is 5.16. The Morgan fingerprint density at radius 2 is 1.93 bits per heavy atom. The number of nitriles is 1. The van der Waals surface area contributed by atoms with Gasteiger partial charge in [-0.2, -0.15) is 5.26 Å². The highest BCUT2D eigenvalue weighted by atomic mass is 35.5. The van der Waals surface area contributed by atoms with Crippen LogP contribution >= 0.6 is 23.2 Å². The molecule has 0 unspecified atom stereocenters. The fourth-order valence-electron chi connectivity index (χ4n) is 1.06. The zero-order chi connectivity index (χ0) is 11.3. The molecule has 0 atom stereocenters. The molecule has 1 aromatic carbocycles. The van der Waals surface area contributed by atoms with Gasteiger partial charge in [-0.3, -0.25) is 0 Å². The van der Waals surface area contributed by atoms with Gasteiger partial charge in [-0.15, -0.1) is 0 Å². The zero-order valence-electron chi connectivity index (χ0n) is 7.86. The molecule has 2 nitrogen and oxygen atoms in total. The molecule has 0 aromatic heterocycles. The smallest absolute Gasteiger partial charge is 0.160 e. The van der Waals surface area contributed by atoms with Crippen LogP contribution in [0.25, 0.3) is 0 Å². The van der Waals surface area contributed by atoms with Crippen molar-refractivity contribution < 1.29 is 4.39 Å². The van der Waals surface area contributed by atoms with Crippen LogP contribution in [0.4, 0.5) is 10.1 Å². The number of nitrogens with one attached hydrogen (secondary N) is 1. The normalized spacial score (nSPS) is 9.73. The van der Waals surface area contributed by atoms with E-state index < -0.39 is 5.82 Å². The Bertz CT molecular complexity index is 364. The van der Waals surface area contributed by atoms with Crippen LogP contribution in [0.1, 0.15) is 12.8 Å². The molecule has 1 rings (SSSR count). The number of nitrogens with zero attached hydrogens (tertiary/aromatic N) is 1. The van der Waals surface area contributed by atoms with Gasteiger partial charge < -0.3 is 5.32 Å². The Labute approximate surface area is 97.6 Å². The van der Waals surface area contributed by atoms with Crippen molar-refractivity contribution in [3.63, 3.8) is 0 Å². The first-order chi connectivity index (χ1) is 7.15. The Kier molecular flexibility index (Phi) is 4.67. The van der Waals surface area contributed by atoms with Gasteiger partial charge in [0, 0.05) is 18.7 Å². The number of rotatable bonds is 4. The van der Waals surface area contributed by atoms with E-state index >= 15 is 0 Å². The highest BCUT2D eigenvalue weighted by molar-refractivity contribution is 6.35. The standard InChI is InChI=1S/C10H9Cl2FN2/c11-8-5-7(6-9(12)10(8)13)15-4-2-1-3-14/h5-6,15H,1-2,4H2. The van der Waals surface area contributed by atoms with Gasteiger partial charge in [0.05, 0.1) is 16.1 Å².